The molecule has 5 nitrogen and oxygen atoms in total. The zero-order chi connectivity index (χ0) is 17.5. The standard InChI is InChI=1S/C19H29BrN4O.HI/c1-21-19(22-10-4-12-25-14-15-7-8-15)23-16-9-11-24(13-16)18-6-3-2-5-17(18)20;/h2-3,5-6,15-16H,4,7-14H2,1H3,(H2,21,22,23);1H. The Morgan fingerprint density at radius 2 is 2.12 bits per heavy atom. The topological polar surface area (TPSA) is 48.9 Å². The number of aliphatic imine (C=N–C) groups is 1. The SMILES string of the molecule is CN=C(NCCCOCC1CC1)NC1CCN(c2ccccc2Br)C1.I. The lowest BCUT2D eigenvalue weighted by molar-refractivity contribution is 0.123. The van der Waals surface area contributed by atoms with E-state index >= 15 is 0 Å². The van der Waals surface area contributed by atoms with E-state index in [2.05, 4.69) is 60.7 Å². The average Bonchev–Trinajstić information content (AvgIpc) is 3.34. The number of rotatable bonds is 8. The lowest BCUT2D eigenvalue weighted by Gasteiger charge is -2.21. The van der Waals surface area contributed by atoms with Gasteiger partial charge in [-0.15, -0.1) is 24.0 Å². The number of halogens is 2. The Bertz CT molecular complexity index is 582. The Hall–Kier alpha value is -0.540. The molecule has 1 aliphatic heterocycles. The molecule has 2 aliphatic rings. The number of hydrogen-bond donors (Lipinski definition) is 2. The van der Waals surface area contributed by atoms with Crippen LogP contribution in [0.3, 0.4) is 0 Å². The van der Waals surface area contributed by atoms with Crippen LogP contribution < -0.4 is 15.5 Å². The molecule has 0 bridgehead atoms. The molecule has 0 amide bonds. The second kappa shape index (κ2) is 11.3. The summed E-state index contributed by atoms with van der Waals surface area (Å²) in [6.07, 6.45) is 4.84. The van der Waals surface area contributed by atoms with Gasteiger partial charge in [-0.1, -0.05) is 12.1 Å². The van der Waals surface area contributed by atoms with Crippen LogP contribution in [0.5, 0.6) is 0 Å². The highest BCUT2D eigenvalue weighted by Crippen LogP contribution is 2.29. The first kappa shape index (κ1) is 21.8. The number of nitrogens with zero attached hydrogens (tertiary/aromatic N) is 2. The van der Waals surface area contributed by atoms with E-state index in [-0.39, 0.29) is 24.0 Å². The van der Waals surface area contributed by atoms with Gasteiger partial charge in [-0.25, -0.2) is 0 Å². The smallest absolute Gasteiger partial charge is 0.191 e. The van der Waals surface area contributed by atoms with Crippen LogP contribution in [0.2, 0.25) is 0 Å². The summed E-state index contributed by atoms with van der Waals surface area (Å²) in [4.78, 5) is 6.77. The monoisotopic (exact) mass is 536 g/mol. The van der Waals surface area contributed by atoms with Gasteiger partial charge >= 0.3 is 0 Å². The van der Waals surface area contributed by atoms with Crippen molar-refractivity contribution in [3.63, 3.8) is 0 Å². The molecule has 26 heavy (non-hydrogen) atoms. The number of hydrogen-bond acceptors (Lipinski definition) is 3. The number of anilines is 1. The van der Waals surface area contributed by atoms with Gasteiger partial charge in [0.25, 0.3) is 0 Å². The molecular formula is C19H30BrIN4O. The highest BCUT2D eigenvalue weighted by atomic mass is 127. The molecule has 1 aliphatic carbocycles. The fourth-order valence-corrected chi connectivity index (χ4v) is 3.64. The van der Waals surface area contributed by atoms with Crippen molar-refractivity contribution >= 4 is 51.6 Å². The first-order valence-corrected chi connectivity index (χ1v) is 10.1. The molecule has 1 atom stereocenters. The van der Waals surface area contributed by atoms with Gasteiger partial charge in [0, 0.05) is 50.4 Å². The van der Waals surface area contributed by atoms with Crippen molar-refractivity contribution in [2.75, 3.05) is 44.8 Å². The summed E-state index contributed by atoms with van der Waals surface area (Å²) in [6, 6.07) is 8.83. The van der Waals surface area contributed by atoms with E-state index in [0.29, 0.717) is 6.04 Å². The molecule has 0 aromatic heterocycles. The van der Waals surface area contributed by atoms with Crippen LogP contribution in [0.15, 0.2) is 33.7 Å². The van der Waals surface area contributed by atoms with Crippen molar-refractivity contribution in [1.29, 1.82) is 0 Å². The van der Waals surface area contributed by atoms with Gasteiger partial charge < -0.3 is 20.3 Å². The highest BCUT2D eigenvalue weighted by molar-refractivity contribution is 14.0. The third-order valence-electron chi connectivity index (χ3n) is 4.75. The summed E-state index contributed by atoms with van der Waals surface area (Å²) in [5.74, 6) is 1.73. The summed E-state index contributed by atoms with van der Waals surface area (Å²) in [5.41, 5.74) is 1.27. The highest BCUT2D eigenvalue weighted by Gasteiger charge is 2.24. The Morgan fingerprint density at radius 3 is 2.85 bits per heavy atom. The number of para-hydroxylation sites is 1. The lowest BCUT2D eigenvalue weighted by Crippen LogP contribution is -2.45. The van der Waals surface area contributed by atoms with Crippen molar-refractivity contribution in [3.8, 4) is 0 Å². The normalized spacial score (nSPS) is 20.0. The van der Waals surface area contributed by atoms with Gasteiger partial charge in [0.2, 0.25) is 0 Å². The summed E-state index contributed by atoms with van der Waals surface area (Å²) in [5, 5.41) is 6.94. The molecular weight excluding hydrogens is 507 g/mol. The second-order valence-corrected chi connectivity index (χ2v) is 7.75. The van der Waals surface area contributed by atoms with Crippen LogP contribution >= 0.6 is 39.9 Å². The zero-order valence-electron chi connectivity index (χ0n) is 15.4. The van der Waals surface area contributed by atoms with Crippen LogP contribution in [0.4, 0.5) is 5.69 Å². The van der Waals surface area contributed by atoms with Crippen LogP contribution in [0, 0.1) is 5.92 Å². The quantitative estimate of drug-likeness (QED) is 0.230. The Kier molecular flexibility index (Phi) is 9.49. The Morgan fingerprint density at radius 1 is 1.31 bits per heavy atom. The fraction of sp³-hybridized carbons (Fsp3) is 0.632. The van der Waals surface area contributed by atoms with Gasteiger partial charge in [-0.05, 0) is 59.7 Å². The van der Waals surface area contributed by atoms with Crippen molar-refractivity contribution in [1.82, 2.24) is 10.6 Å². The summed E-state index contributed by atoms with van der Waals surface area (Å²) in [6.45, 7) is 4.73. The minimum atomic E-state index is 0. The maximum Gasteiger partial charge on any atom is 0.191 e. The third-order valence-corrected chi connectivity index (χ3v) is 5.42. The first-order chi connectivity index (χ1) is 12.3. The molecule has 1 aromatic rings. The predicted molar refractivity (Wildman–Crippen MR) is 123 cm³/mol. The van der Waals surface area contributed by atoms with Gasteiger partial charge in [0.1, 0.15) is 0 Å². The minimum absolute atomic E-state index is 0. The largest absolute Gasteiger partial charge is 0.381 e. The van der Waals surface area contributed by atoms with Crippen molar-refractivity contribution in [2.24, 2.45) is 10.9 Å². The van der Waals surface area contributed by atoms with Gasteiger partial charge in [0.05, 0.1) is 5.69 Å². The molecule has 1 heterocycles. The molecule has 146 valence electrons. The molecule has 0 radical (unpaired) electrons. The summed E-state index contributed by atoms with van der Waals surface area (Å²) < 4.78 is 6.83. The summed E-state index contributed by atoms with van der Waals surface area (Å²) in [7, 11) is 1.83. The second-order valence-electron chi connectivity index (χ2n) is 6.90. The van der Waals surface area contributed by atoms with E-state index < -0.39 is 0 Å². The van der Waals surface area contributed by atoms with E-state index in [1.165, 1.54) is 18.5 Å². The van der Waals surface area contributed by atoms with Crippen LogP contribution in [0.1, 0.15) is 25.7 Å². The van der Waals surface area contributed by atoms with Gasteiger partial charge in [0.15, 0.2) is 5.96 Å². The zero-order valence-corrected chi connectivity index (χ0v) is 19.3. The molecule has 1 saturated carbocycles. The molecule has 1 aromatic carbocycles. The fourth-order valence-electron chi connectivity index (χ4n) is 3.11. The predicted octanol–water partition coefficient (Wildman–Crippen LogP) is 3.63. The van der Waals surface area contributed by atoms with Crippen molar-refractivity contribution in [3.05, 3.63) is 28.7 Å². The van der Waals surface area contributed by atoms with E-state index in [1.54, 1.807) is 0 Å². The number of guanidine groups is 1. The maximum absolute atomic E-state index is 5.67. The van der Waals surface area contributed by atoms with Crippen LogP contribution in [-0.4, -0.2) is 51.9 Å². The number of nitrogens with one attached hydrogen (secondary N) is 2. The number of benzene rings is 1. The minimum Gasteiger partial charge on any atom is -0.381 e. The lowest BCUT2D eigenvalue weighted by atomic mass is 10.2. The molecule has 2 fully saturated rings. The van der Waals surface area contributed by atoms with Gasteiger partial charge in [-0.3, -0.25) is 4.99 Å². The van der Waals surface area contributed by atoms with E-state index in [1.807, 2.05) is 7.05 Å². The Labute approximate surface area is 182 Å². The van der Waals surface area contributed by atoms with Gasteiger partial charge in [-0.2, -0.15) is 0 Å². The van der Waals surface area contributed by atoms with E-state index in [9.17, 15) is 0 Å². The average molecular weight is 537 g/mol. The maximum atomic E-state index is 5.67. The molecule has 7 heteroatoms. The molecule has 1 unspecified atom stereocenters. The Balaban J connectivity index is 0.00000243. The van der Waals surface area contributed by atoms with Crippen molar-refractivity contribution in [2.45, 2.75) is 31.7 Å². The van der Waals surface area contributed by atoms with Crippen LogP contribution in [-0.2, 0) is 4.74 Å². The molecule has 3 rings (SSSR count). The van der Waals surface area contributed by atoms with Crippen molar-refractivity contribution < 1.29 is 4.74 Å². The number of ether oxygens (including phenoxy) is 1. The molecule has 2 N–H and O–H groups in total. The summed E-state index contributed by atoms with van der Waals surface area (Å²) >= 11 is 3.65. The van der Waals surface area contributed by atoms with E-state index in [4.69, 9.17) is 4.74 Å². The molecule has 0 spiro atoms. The molecule has 1 saturated heterocycles. The van der Waals surface area contributed by atoms with Crippen LogP contribution in [0.25, 0.3) is 0 Å². The van der Waals surface area contributed by atoms with E-state index in [0.717, 1.165) is 62.0 Å². The first-order valence-electron chi connectivity index (χ1n) is 9.30. The third kappa shape index (κ3) is 6.88.